The van der Waals surface area contributed by atoms with E-state index in [1.165, 1.54) is 24.8 Å². The van der Waals surface area contributed by atoms with Crippen LogP contribution in [0, 0.1) is 0 Å². The fourth-order valence-corrected chi connectivity index (χ4v) is 2.40. The summed E-state index contributed by atoms with van der Waals surface area (Å²) >= 11 is 0. The SMILES string of the molecule is CNC(C)c1ccc(N(C)CC2CCCCO2)nc1. The maximum atomic E-state index is 5.77. The zero-order chi connectivity index (χ0) is 13.7. The molecule has 2 unspecified atom stereocenters. The highest BCUT2D eigenvalue weighted by molar-refractivity contribution is 5.39. The Morgan fingerprint density at radius 3 is 2.89 bits per heavy atom. The Labute approximate surface area is 116 Å². The third-order valence-corrected chi connectivity index (χ3v) is 3.85. The Bertz CT molecular complexity index is 373. The molecular formula is C15H25N3O. The number of rotatable bonds is 5. The van der Waals surface area contributed by atoms with Gasteiger partial charge in [0, 0.05) is 32.4 Å². The maximum absolute atomic E-state index is 5.77. The van der Waals surface area contributed by atoms with Gasteiger partial charge in [0.1, 0.15) is 5.82 Å². The molecule has 0 radical (unpaired) electrons. The Morgan fingerprint density at radius 2 is 2.32 bits per heavy atom. The van der Waals surface area contributed by atoms with Crippen LogP contribution in [0.5, 0.6) is 0 Å². The molecule has 0 aromatic carbocycles. The summed E-state index contributed by atoms with van der Waals surface area (Å²) in [5.74, 6) is 1.02. The molecule has 1 N–H and O–H groups in total. The lowest BCUT2D eigenvalue weighted by Gasteiger charge is -2.28. The summed E-state index contributed by atoms with van der Waals surface area (Å²) in [7, 11) is 4.05. The second-order valence-electron chi connectivity index (χ2n) is 5.33. The number of hydrogen-bond acceptors (Lipinski definition) is 4. The summed E-state index contributed by atoms with van der Waals surface area (Å²) in [6.07, 6.45) is 5.96. The van der Waals surface area contributed by atoms with E-state index in [4.69, 9.17) is 4.74 Å². The van der Waals surface area contributed by atoms with Crippen LogP contribution < -0.4 is 10.2 Å². The second-order valence-corrected chi connectivity index (χ2v) is 5.33. The first kappa shape index (κ1) is 14.3. The predicted molar refractivity (Wildman–Crippen MR) is 78.6 cm³/mol. The van der Waals surface area contributed by atoms with E-state index in [0.29, 0.717) is 12.1 Å². The standard InChI is InChI=1S/C15H25N3O/c1-12(16-2)13-7-8-15(17-10-13)18(3)11-14-6-4-5-9-19-14/h7-8,10,12,14,16H,4-6,9,11H2,1-3H3. The van der Waals surface area contributed by atoms with Crippen molar-refractivity contribution in [1.82, 2.24) is 10.3 Å². The number of nitrogens with one attached hydrogen (secondary N) is 1. The van der Waals surface area contributed by atoms with Crippen LogP contribution in [0.1, 0.15) is 37.8 Å². The molecule has 1 aromatic heterocycles. The molecule has 1 aromatic rings. The van der Waals surface area contributed by atoms with Crippen LogP contribution in [-0.2, 0) is 4.74 Å². The highest BCUT2D eigenvalue weighted by Crippen LogP contribution is 2.18. The molecule has 2 atom stereocenters. The van der Waals surface area contributed by atoms with E-state index in [9.17, 15) is 0 Å². The average Bonchev–Trinajstić information content (AvgIpc) is 2.47. The maximum Gasteiger partial charge on any atom is 0.128 e. The minimum Gasteiger partial charge on any atom is -0.376 e. The Balaban J connectivity index is 1.93. The van der Waals surface area contributed by atoms with Gasteiger partial charge in [-0.05, 0) is 44.9 Å². The van der Waals surface area contributed by atoms with Gasteiger partial charge in [-0.1, -0.05) is 6.07 Å². The topological polar surface area (TPSA) is 37.4 Å². The van der Waals surface area contributed by atoms with Gasteiger partial charge in [0.25, 0.3) is 0 Å². The zero-order valence-electron chi connectivity index (χ0n) is 12.2. The first-order valence-electron chi connectivity index (χ1n) is 7.16. The summed E-state index contributed by atoms with van der Waals surface area (Å²) in [5.41, 5.74) is 1.22. The third kappa shape index (κ3) is 3.91. The first-order valence-corrected chi connectivity index (χ1v) is 7.16. The molecule has 1 fully saturated rings. The number of anilines is 1. The molecule has 0 amide bonds. The van der Waals surface area contributed by atoms with E-state index >= 15 is 0 Å². The van der Waals surface area contributed by atoms with Gasteiger partial charge in [-0.3, -0.25) is 0 Å². The van der Waals surface area contributed by atoms with Gasteiger partial charge in [0.05, 0.1) is 6.10 Å². The van der Waals surface area contributed by atoms with Crippen molar-refractivity contribution in [3.05, 3.63) is 23.9 Å². The van der Waals surface area contributed by atoms with E-state index in [0.717, 1.165) is 19.0 Å². The monoisotopic (exact) mass is 263 g/mol. The number of nitrogens with zero attached hydrogens (tertiary/aromatic N) is 2. The van der Waals surface area contributed by atoms with Crippen molar-refractivity contribution in [2.24, 2.45) is 0 Å². The molecule has 1 aliphatic rings. The van der Waals surface area contributed by atoms with Crippen molar-refractivity contribution in [1.29, 1.82) is 0 Å². The highest BCUT2D eigenvalue weighted by atomic mass is 16.5. The van der Waals surface area contributed by atoms with Crippen molar-refractivity contribution in [3.8, 4) is 0 Å². The van der Waals surface area contributed by atoms with Crippen LogP contribution >= 0.6 is 0 Å². The van der Waals surface area contributed by atoms with Crippen LogP contribution in [0.4, 0.5) is 5.82 Å². The van der Waals surface area contributed by atoms with E-state index in [2.05, 4.69) is 41.3 Å². The lowest BCUT2D eigenvalue weighted by Crippen LogP contribution is -2.33. The molecule has 0 spiro atoms. The van der Waals surface area contributed by atoms with Gasteiger partial charge >= 0.3 is 0 Å². The zero-order valence-corrected chi connectivity index (χ0v) is 12.2. The normalized spacial score (nSPS) is 21.1. The lowest BCUT2D eigenvalue weighted by molar-refractivity contribution is 0.0215. The third-order valence-electron chi connectivity index (χ3n) is 3.85. The van der Waals surface area contributed by atoms with Gasteiger partial charge in [-0.2, -0.15) is 0 Å². The minimum atomic E-state index is 0.341. The molecule has 1 saturated heterocycles. The van der Waals surface area contributed by atoms with Crippen molar-refractivity contribution in [2.75, 3.05) is 32.1 Å². The second kappa shape index (κ2) is 6.87. The smallest absolute Gasteiger partial charge is 0.128 e. The molecule has 0 bridgehead atoms. The summed E-state index contributed by atoms with van der Waals surface area (Å²) in [4.78, 5) is 6.73. The Hall–Kier alpha value is -1.13. The van der Waals surface area contributed by atoms with Crippen LogP contribution in [0.25, 0.3) is 0 Å². The lowest BCUT2D eigenvalue weighted by atomic mass is 10.1. The molecule has 4 heteroatoms. The Morgan fingerprint density at radius 1 is 1.47 bits per heavy atom. The van der Waals surface area contributed by atoms with Crippen LogP contribution in [0.2, 0.25) is 0 Å². The first-order chi connectivity index (χ1) is 9.20. The molecule has 4 nitrogen and oxygen atoms in total. The molecule has 1 aliphatic heterocycles. The quantitative estimate of drug-likeness (QED) is 0.885. The molecular weight excluding hydrogens is 238 g/mol. The van der Waals surface area contributed by atoms with E-state index in [-0.39, 0.29) is 0 Å². The molecule has 19 heavy (non-hydrogen) atoms. The van der Waals surface area contributed by atoms with Crippen molar-refractivity contribution in [3.63, 3.8) is 0 Å². The molecule has 2 heterocycles. The van der Waals surface area contributed by atoms with Crippen molar-refractivity contribution in [2.45, 2.75) is 38.3 Å². The summed E-state index contributed by atoms with van der Waals surface area (Å²) in [6, 6.07) is 4.57. The fourth-order valence-electron chi connectivity index (χ4n) is 2.40. The number of hydrogen-bond donors (Lipinski definition) is 1. The van der Waals surface area contributed by atoms with Crippen LogP contribution in [0.15, 0.2) is 18.3 Å². The summed E-state index contributed by atoms with van der Waals surface area (Å²) in [6.45, 7) is 3.97. The van der Waals surface area contributed by atoms with Gasteiger partial charge in [0.2, 0.25) is 0 Å². The molecule has 0 aliphatic carbocycles. The number of aromatic nitrogens is 1. The fraction of sp³-hybridized carbons (Fsp3) is 0.667. The van der Waals surface area contributed by atoms with Gasteiger partial charge < -0.3 is 15.0 Å². The van der Waals surface area contributed by atoms with E-state index in [1.54, 1.807) is 0 Å². The summed E-state index contributed by atoms with van der Waals surface area (Å²) in [5, 5.41) is 3.22. The molecule has 2 rings (SSSR count). The van der Waals surface area contributed by atoms with Crippen molar-refractivity contribution < 1.29 is 4.74 Å². The molecule has 0 saturated carbocycles. The van der Waals surface area contributed by atoms with Crippen LogP contribution in [0.3, 0.4) is 0 Å². The predicted octanol–water partition coefficient (Wildman–Crippen LogP) is 2.37. The van der Waals surface area contributed by atoms with Gasteiger partial charge in [0.15, 0.2) is 0 Å². The Kier molecular flexibility index (Phi) is 5.16. The number of likely N-dealkylation sites (N-methyl/N-ethyl adjacent to an activating group) is 1. The minimum absolute atomic E-state index is 0.341. The highest BCUT2D eigenvalue weighted by Gasteiger charge is 2.16. The average molecular weight is 263 g/mol. The van der Waals surface area contributed by atoms with Gasteiger partial charge in [-0.15, -0.1) is 0 Å². The van der Waals surface area contributed by atoms with Crippen molar-refractivity contribution >= 4 is 5.82 Å². The number of pyridine rings is 1. The van der Waals surface area contributed by atoms with E-state index in [1.807, 2.05) is 13.2 Å². The molecule has 106 valence electrons. The summed E-state index contributed by atoms with van der Waals surface area (Å²) < 4.78 is 5.77. The van der Waals surface area contributed by atoms with Gasteiger partial charge in [-0.25, -0.2) is 4.98 Å². The number of ether oxygens (including phenoxy) is 1. The van der Waals surface area contributed by atoms with E-state index < -0.39 is 0 Å². The van der Waals surface area contributed by atoms with Crippen LogP contribution in [-0.4, -0.2) is 38.3 Å². The largest absolute Gasteiger partial charge is 0.376 e.